The smallest absolute Gasteiger partial charge is 0.293 e. The fraction of sp³-hybridized carbons (Fsp3) is 0.115. The first-order chi connectivity index (χ1) is 16.9. The summed E-state index contributed by atoms with van der Waals surface area (Å²) in [5.74, 6) is 0.633. The first kappa shape index (κ1) is 25.0. The second-order valence-electron chi connectivity index (χ2n) is 7.48. The Bertz CT molecular complexity index is 1370. The first-order valence-corrected chi connectivity index (χ1v) is 12.8. The van der Waals surface area contributed by atoms with Crippen molar-refractivity contribution in [1.29, 1.82) is 5.26 Å². The van der Waals surface area contributed by atoms with E-state index in [1.807, 2.05) is 24.3 Å². The third-order valence-corrected chi connectivity index (χ3v) is 7.34. The van der Waals surface area contributed by atoms with Gasteiger partial charge in [0.05, 0.1) is 30.2 Å². The SMILES string of the molecule is COc1cc(/C=C2/SC(=O)N(Cc3ccccc3C#N)C2=O)c(Br)cc1OCc1ccc(Br)cc1. The summed E-state index contributed by atoms with van der Waals surface area (Å²) in [5.41, 5.74) is 2.72. The van der Waals surface area contributed by atoms with E-state index in [0.717, 1.165) is 26.7 Å². The van der Waals surface area contributed by atoms with Crippen LogP contribution in [0.4, 0.5) is 4.79 Å². The van der Waals surface area contributed by atoms with Crippen LogP contribution in [0.2, 0.25) is 0 Å². The number of imide groups is 1. The highest BCUT2D eigenvalue weighted by Crippen LogP contribution is 2.38. The molecular weight excluding hydrogens is 596 g/mol. The predicted molar refractivity (Wildman–Crippen MR) is 142 cm³/mol. The summed E-state index contributed by atoms with van der Waals surface area (Å²) in [5, 5.41) is 8.92. The Morgan fingerprint density at radius 2 is 1.80 bits per heavy atom. The molecule has 1 aliphatic heterocycles. The summed E-state index contributed by atoms with van der Waals surface area (Å²) in [6.07, 6.45) is 1.65. The maximum absolute atomic E-state index is 13.0. The van der Waals surface area contributed by atoms with Gasteiger partial charge in [0.2, 0.25) is 0 Å². The fourth-order valence-corrected chi connectivity index (χ4v) is 4.92. The van der Waals surface area contributed by atoms with Crippen LogP contribution in [0.25, 0.3) is 6.08 Å². The average Bonchev–Trinajstić information content (AvgIpc) is 3.12. The number of ether oxygens (including phenoxy) is 2. The van der Waals surface area contributed by atoms with E-state index >= 15 is 0 Å². The van der Waals surface area contributed by atoms with Crippen LogP contribution < -0.4 is 9.47 Å². The molecule has 0 atom stereocenters. The molecule has 1 fully saturated rings. The normalized spacial score (nSPS) is 14.3. The van der Waals surface area contributed by atoms with Crippen molar-refractivity contribution < 1.29 is 19.1 Å². The van der Waals surface area contributed by atoms with Gasteiger partial charge in [0, 0.05) is 8.95 Å². The molecule has 0 saturated carbocycles. The van der Waals surface area contributed by atoms with Gasteiger partial charge in [-0.3, -0.25) is 14.5 Å². The van der Waals surface area contributed by atoms with Crippen LogP contribution in [-0.4, -0.2) is 23.2 Å². The number of nitrogens with zero attached hydrogens (tertiary/aromatic N) is 2. The van der Waals surface area contributed by atoms with Crippen LogP contribution in [0, 0.1) is 11.3 Å². The lowest BCUT2D eigenvalue weighted by Gasteiger charge is -2.14. The van der Waals surface area contributed by atoms with Gasteiger partial charge in [0.1, 0.15) is 6.61 Å². The number of nitriles is 1. The third kappa shape index (κ3) is 5.78. The van der Waals surface area contributed by atoms with Gasteiger partial charge in [0.25, 0.3) is 11.1 Å². The Kier molecular flexibility index (Phi) is 7.96. The number of hydrogen-bond donors (Lipinski definition) is 0. The number of rotatable bonds is 7. The summed E-state index contributed by atoms with van der Waals surface area (Å²) in [6.45, 7) is 0.400. The molecule has 176 valence electrons. The Morgan fingerprint density at radius 1 is 1.06 bits per heavy atom. The minimum absolute atomic E-state index is 0.0407. The summed E-state index contributed by atoms with van der Waals surface area (Å²) in [7, 11) is 1.54. The van der Waals surface area contributed by atoms with Crippen LogP contribution in [0.3, 0.4) is 0 Å². The summed E-state index contributed by atoms with van der Waals surface area (Å²) in [6, 6.07) is 20.3. The van der Waals surface area contributed by atoms with Crippen LogP contribution in [-0.2, 0) is 17.9 Å². The lowest BCUT2D eigenvalue weighted by Crippen LogP contribution is -2.27. The van der Waals surface area contributed by atoms with Crippen LogP contribution in [0.5, 0.6) is 11.5 Å². The molecule has 4 rings (SSSR count). The van der Waals surface area contributed by atoms with E-state index in [-0.39, 0.29) is 16.7 Å². The van der Waals surface area contributed by atoms with Crippen molar-refractivity contribution in [2.45, 2.75) is 13.2 Å². The molecule has 3 aromatic rings. The van der Waals surface area contributed by atoms with Crippen molar-refractivity contribution in [2.24, 2.45) is 0 Å². The highest BCUT2D eigenvalue weighted by atomic mass is 79.9. The topological polar surface area (TPSA) is 79.6 Å². The van der Waals surface area contributed by atoms with E-state index in [4.69, 9.17) is 9.47 Å². The standard InChI is InChI=1S/C26H18Br2N2O4S/c1-33-22-10-19(21(28)12-23(22)34-15-16-6-8-20(27)9-7-16)11-24-25(31)30(26(32)35-24)14-18-5-3-2-4-17(18)13-29/h2-12H,14-15H2,1H3/b24-11+. The van der Waals surface area contributed by atoms with Gasteiger partial charge in [-0.2, -0.15) is 5.26 Å². The molecule has 0 unspecified atom stereocenters. The maximum atomic E-state index is 13.0. The van der Waals surface area contributed by atoms with E-state index in [1.165, 1.54) is 0 Å². The van der Waals surface area contributed by atoms with Gasteiger partial charge >= 0.3 is 0 Å². The Labute approximate surface area is 223 Å². The van der Waals surface area contributed by atoms with E-state index in [0.29, 0.717) is 39.3 Å². The Balaban J connectivity index is 1.54. The van der Waals surface area contributed by atoms with Crippen molar-refractivity contribution in [3.05, 3.63) is 96.8 Å². The average molecular weight is 614 g/mol. The van der Waals surface area contributed by atoms with Crippen LogP contribution >= 0.6 is 43.6 Å². The molecule has 1 aliphatic rings. The number of carbonyl (C=O) groups is 2. The van der Waals surface area contributed by atoms with E-state index in [1.54, 1.807) is 49.6 Å². The first-order valence-electron chi connectivity index (χ1n) is 10.4. The van der Waals surface area contributed by atoms with Crippen molar-refractivity contribution in [3.8, 4) is 17.6 Å². The summed E-state index contributed by atoms with van der Waals surface area (Å²) >= 11 is 7.82. The second kappa shape index (κ2) is 11.1. The minimum Gasteiger partial charge on any atom is -0.493 e. The third-order valence-electron chi connectivity index (χ3n) is 5.22. The number of halogens is 2. The lowest BCUT2D eigenvalue weighted by atomic mass is 10.1. The van der Waals surface area contributed by atoms with Crippen molar-refractivity contribution in [2.75, 3.05) is 7.11 Å². The molecule has 0 spiro atoms. The molecule has 3 aromatic carbocycles. The number of methoxy groups -OCH3 is 1. The van der Waals surface area contributed by atoms with Gasteiger partial charge in [-0.15, -0.1) is 0 Å². The molecule has 0 radical (unpaired) electrons. The predicted octanol–water partition coefficient (Wildman–Crippen LogP) is 6.91. The van der Waals surface area contributed by atoms with Crippen LogP contribution in [0.15, 0.2) is 74.5 Å². The molecule has 0 N–H and O–H groups in total. The van der Waals surface area contributed by atoms with Gasteiger partial charge in [0.15, 0.2) is 11.5 Å². The summed E-state index contributed by atoms with van der Waals surface area (Å²) < 4.78 is 13.1. The zero-order chi connectivity index (χ0) is 24.9. The highest BCUT2D eigenvalue weighted by molar-refractivity contribution is 9.10. The van der Waals surface area contributed by atoms with E-state index < -0.39 is 5.91 Å². The number of thioether (sulfide) groups is 1. The molecule has 0 aromatic heterocycles. The quantitative estimate of drug-likeness (QED) is 0.270. The molecule has 6 nitrogen and oxygen atoms in total. The summed E-state index contributed by atoms with van der Waals surface area (Å²) in [4.78, 5) is 27.0. The molecule has 1 saturated heterocycles. The van der Waals surface area contributed by atoms with Gasteiger partial charge in [-0.1, -0.05) is 62.2 Å². The van der Waals surface area contributed by atoms with Crippen molar-refractivity contribution in [1.82, 2.24) is 4.90 Å². The monoisotopic (exact) mass is 612 g/mol. The van der Waals surface area contributed by atoms with Gasteiger partial charge < -0.3 is 9.47 Å². The molecular formula is C26H18Br2N2O4S. The zero-order valence-electron chi connectivity index (χ0n) is 18.5. The largest absolute Gasteiger partial charge is 0.493 e. The fourth-order valence-electron chi connectivity index (χ4n) is 3.39. The van der Waals surface area contributed by atoms with Gasteiger partial charge in [-0.05, 0) is 64.9 Å². The molecule has 1 heterocycles. The second-order valence-corrected chi connectivity index (χ2v) is 10.2. The Morgan fingerprint density at radius 3 is 2.51 bits per heavy atom. The highest BCUT2D eigenvalue weighted by Gasteiger charge is 2.35. The van der Waals surface area contributed by atoms with Crippen molar-refractivity contribution >= 4 is 60.8 Å². The lowest BCUT2D eigenvalue weighted by molar-refractivity contribution is -0.123. The zero-order valence-corrected chi connectivity index (χ0v) is 22.4. The molecule has 35 heavy (non-hydrogen) atoms. The number of carbonyl (C=O) groups excluding carboxylic acids is 2. The number of hydrogen-bond acceptors (Lipinski definition) is 6. The Hall–Kier alpha value is -3.06. The number of benzene rings is 3. The molecule has 2 amide bonds. The van der Waals surface area contributed by atoms with E-state index in [2.05, 4.69) is 37.9 Å². The number of amides is 2. The molecule has 0 bridgehead atoms. The van der Waals surface area contributed by atoms with Crippen molar-refractivity contribution in [3.63, 3.8) is 0 Å². The molecule has 0 aliphatic carbocycles. The van der Waals surface area contributed by atoms with E-state index in [9.17, 15) is 14.9 Å². The van der Waals surface area contributed by atoms with Gasteiger partial charge in [-0.25, -0.2) is 0 Å². The van der Waals surface area contributed by atoms with Crippen LogP contribution in [0.1, 0.15) is 22.3 Å². The molecule has 9 heteroatoms. The maximum Gasteiger partial charge on any atom is 0.293 e. The minimum atomic E-state index is -0.408.